The highest BCUT2D eigenvalue weighted by Gasteiger charge is 1.92. The van der Waals surface area contributed by atoms with Crippen molar-refractivity contribution in [2.24, 2.45) is 5.73 Å². The van der Waals surface area contributed by atoms with Crippen LogP contribution < -0.4 is 5.73 Å². The topological polar surface area (TPSA) is 35.2 Å². The SMILES string of the molecule is N[C@H]1C=CC=CO1. The first-order valence-corrected chi connectivity index (χ1v) is 2.14. The molecule has 0 aromatic heterocycles. The molecule has 0 fully saturated rings. The average Bonchev–Trinajstić information content (AvgIpc) is 1.69. The van der Waals surface area contributed by atoms with E-state index in [9.17, 15) is 0 Å². The van der Waals surface area contributed by atoms with E-state index in [1.807, 2.05) is 6.08 Å². The van der Waals surface area contributed by atoms with Gasteiger partial charge in [-0.1, -0.05) is 6.08 Å². The van der Waals surface area contributed by atoms with Crippen molar-refractivity contribution < 1.29 is 4.74 Å². The van der Waals surface area contributed by atoms with Gasteiger partial charge in [-0.2, -0.15) is 0 Å². The third-order valence-corrected chi connectivity index (χ3v) is 0.726. The maximum Gasteiger partial charge on any atom is 0.166 e. The van der Waals surface area contributed by atoms with Crippen molar-refractivity contribution in [1.82, 2.24) is 0 Å². The fraction of sp³-hybridized carbons (Fsp3) is 0.200. The molecular formula is C5H7NO. The van der Waals surface area contributed by atoms with E-state index in [0.717, 1.165) is 0 Å². The van der Waals surface area contributed by atoms with Crippen molar-refractivity contribution in [2.45, 2.75) is 6.23 Å². The molecule has 2 N–H and O–H groups in total. The van der Waals surface area contributed by atoms with E-state index in [-0.39, 0.29) is 6.23 Å². The number of rotatable bonds is 0. The molecule has 0 saturated carbocycles. The van der Waals surface area contributed by atoms with Gasteiger partial charge in [-0.3, -0.25) is 5.73 Å². The first kappa shape index (κ1) is 4.40. The van der Waals surface area contributed by atoms with E-state index in [0.29, 0.717) is 0 Å². The third kappa shape index (κ3) is 1.05. The molecule has 2 nitrogen and oxygen atoms in total. The molecule has 0 saturated heterocycles. The Bertz CT molecular complexity index is 107. The predicted octanol–water partition coefficient (Wildman–Crippen LogP) is 0.371. The molecule has 0 spiro atoms. The molecule has 0 aliphatic carbocycles. The summed E-state index contributed by atoms with van der Waals surface area (Å²) in [5, 5.41) is 0. The zero-order valence-corrected chi connectivity index (χ0v) is 3.87. The lowest BCUT2D eigenvalue weighted by Crippen LogP contribution is -2.19. The number of hydrogen-bond donors (Lipinski definition) is 1. The molecule has 0 unspecified atom stereocenters. The number of hydrogen-bond acceptors (Lipinski definition) is 2. The third-order valence-electron chi connectivity index (χ3n) is 0.726. The molecule has 1 heterocycles. The van der Waals surface area contributed by atoms with Crippen LogP contribution in [0.25, 0.3) is 0 Å². The highest BCUT2D eigenvalue weighted by atomic mass is 16.5. The molecule has 0 bridgehead atoms. The summed E-state index contributed by atoms with van der Waals surface area (Å²) in [4.78, 5) is 0. The largest absolute Gasteiger partial charge is 0.480 e. The summed E-state index contributed by atoms with van der Waals surface area (Å²) < 4.78 is 4.79. The molecule has 38 valence electrons. The quantitative estimate of drug-likeness (QED) is 0.474. The van der Waals surface area contributed by atoms with E-state index >= 15 is 0 Å². The van der Waals surface area contributed by atoms with E-state index < -0.39 is 0 Å². The lowest BCUT2D eigenvalue weighted by atomic mass is 10.4. The highest BCUT2D eigenvalue weighted by molar-refractivity contribution is 5.05. The van der Waals surface area contributed by atoms with Crippen LogP contribution in [-0.2, 0) is 4.74 Å². The van der Waals surface area contributed by atoms with Gasteiger partial charge in [-0.05, 0) is 12.2 Å². The van der Waals surface area contributed by atoms with Gasteiger partial charge >= 0.3 is 0 Å². The fourth-order valence-corrected chi connectivity index (χ4v) is 0.400. The van der Waals surface area contributed by atoms with Crippen molar-refractivity contribution in [3.63, 3.8) is 0 Å². The Morgan fingerprint density at radius 2 is 2.29 bits per heavy atom. The lowest BCUT2D eigenvalue weighted by Gasteiger charge is -2.06. The molecule has 2 heteroatoms. The van der Waals surface area contributed by atoms with Crippen molar-refractivity contribution in [1.29, 1.82) is 0 Å². The maximum atomic E-state index is 5.27. The second kappa shape index (κ2) is 1.80. The first-order chi connectivity index (χ1) is 3.39. The minimum Gasteiger partial charge on any atom is -0.480 e. The van der Waals surface area contributed by atoms with Crippen molar-refractivity contribution in [2.75, 3.05) is 0 Å². The summed E-state index contributed by atoms with van der Waals surface area (Å²) in [5.41, 5.74) is 5.27. The number of nitrogens with two attached hydrogens (primary N) is 1. The number of ether oxygens (including phenoxy) is 1. The molecular weight excluding hydrogens is 90.1 g/mol. The van der Waals surface area contributed by atoms with Crippen LogP contribution in [-0.4, -0.2) is 6.23 Å². The van der Waals surface area contributed by atoms with Gasteiger partial charge in [0.15, 0.2) is 6.23 Å². The zero-order chi connectivity index (χ0) is 5.11. The van der Waals surface area contributed by atoms with Crippen LogP contribution in [0, 0.1) is 0 Å². The Morgan fingerprint density at radius 3 is 2.57 bits per heavy atom. The van der Waals surface area contributed by atoms with E-state index in [4.69, 9.17) is 10.5 Å². The Labute approximate surface area is 42.3 Å². The van der Waals surface area contributed by atoms with Crippen LogP contribution >= 0.6 is 0 Å². The summed E-state index contributed by atoms with van der Waals surface area (Å²) in [6, 6.07) is 0. The Morgan fingerprint density at radius 1 is 1.43 bits per heavy atom. The van der Waals surface area contributed by atoms with Crippen LogP contribution in [0.2, 0.25) is 0 Å². The normalized spacial score (nSPS) is 27.3. The van der Waals surface area contributed by atoms with E-state index in [2.05, 4.69) is 0 Å². The van der Waals surface area contributed by atoms with Gasteiger partial charge in [0, 0.05) is 0 Å². The monoisotopic (exact) mass is 97.1 g/mol. The van der Waals surface area contributed by atoms with Crippen LogP contribution in [0.15, 0.2) is 24.5 Å². The van der Waals surface area contributed by atoms with Gasteiger partial charge in [0.25, 0.3) is 0 Å². The fourth-order valence-electron chi connectivity index (χ4n) is 0.400. The second-order valence-corrected chi connectivity index (χ2v) is 1.31. The number of allylic oxidation sites excluding steroid dienone is 2. The molecule has 1 rings (SSSR count). The minimum atomic E-state index is -0.231. The smallest absolute Gasteiger partial charge is 0.166 e. The Kier molecular flexibility index (Phi) is 1.13. The summed E-state index contributed by atoms with van der Waals surface area (Å²) in [7, 11) is 0. The van der Waals surface area contributed by atoms with Crippen LogP contribution in [0.4, 0.5) is 0 Å². The van der Waals surface area contributed by atoms with Crippen LogP contribution in [0.1, 0.15) is 0 Å². The zero-order valence-electron chi connectivity index (χ0n) is 3.87. The average molecular weight is 97.1 g/mol. The molecule has 0 aromatic rings. The maximum absolute atomic E-state index is 5.27. The summed E-state index contributed by atoms with van der Waals surface area (Å²) in [5.74, 6) is 0. The van der Waals surface area contributed by atoms with Gasteiger partial charge in [-0.15, -0.1) is 0 Å². The van der Waals surface area contributed by atoms with Crippen LogP contribution in [0.3, 0.4) is 0 Å². The van der Waals surface area contributed by atoms with Gasteiger partial charge in [0.2, 0.25) is 0 Å². The molecule has 0 aromatic carbocycles. The predicted molar refractivity (Wildman–Crippen MR) is 27.3 cm³/mol. The summed E-state index contributed by atoms with van der Waals surface area (Å²) >= 11 is 0. The Balaban J connectivity index is 2.49. The van der Waals surface area contributed by atoms with Gasteiger partial charge < -0.3 is 4.74 Å². The first-order valence-electron chi connectivity index (χ1n) is 2.14. The van der Waals surface area contributed by atoms with Gasteiger partial charge in [0.05, 0.1) is 6.26 Å². The van der Waals surface area contributed by atoms with Gasteiger partial charge in [-0.25, -0.2) is 0 Å². The lowest BCUT2D eigenvalue weighted by molar-refractivity contribution is 0.190. The highest BCUT2D eigenvalue weighted by Crippen LogP contribution is 1.93. The van der Waals surface area contributed by atoms with Crippen molar-refractivity contribution >= 4 is 0 Å². The van der Waals surface area contributed by atoms with Gasteiger partial charge in [0.1, 0.15) is 0 Å². The molecule has 7 heavy (non-hydrogen) atoms. The molecule has 0 radical (unpaired) electrons. The molecule has 1 aliphatic rings. The Hall–Kier alpha value is -0.760. The van der Waals surface area contributed by atoms with Crippen molar-refractivity contribution in [3.05, 3.63) is 24.5 Å². The molecule has 1 aliphatic heterocycles. The second-order valence-electron chi connectivity index (χ2n) is 1.31. The standard InChI is InChI=1S/C5H7NO/c6-5-3-1-2-4-7-5/h1-5H,6H2/t5-/m1/s1. The molecule has 1 atom stereocenters. The minimum absolute atomic E-state index is 0.231. The van der Waals surface area contributed by atoms with Crippen LogP contribution in [0.5, 0.6) is 0 Å². The van der Waals surface area contributed by atoms with E-state index in [1.165, 1.54) is 0 Å². The summed E-state index contributed by atoms with van der Waals surface area (Å²) in [6.45, 7) is 0. The van der Waals surface area contributed by atoms with Crippen molar-refractivity contribution in [3.8, 4) is 0 Å². The van der Waals surface area contributed by atoms with E-state index in [1.54, 1.807) is 18.4 Å². The molecule has 0 amide bonds. The summed E-state index contributed by atoms with van der Waals surface area (Å²) in [6.07, 6.45) is 6.77.